The summed E-state index contributed by atoms with van der Waals surface area (Å²) in [5.74, 6) is -0.213. The second-order valence-corrected chi connectivity index (χ2v) is 6.58. The largest absolute Gasteiger partial charge is 0.494 e. The van der Waals surface area contributed by atoms with Gasteiger partial charge in [-0.25, -0.2) is 4.39 Å². The summed E-state index contributed by atoms with van der Waals surface area (Å²) in [6, 6.07) is 15.2. The molecular weight excluding hydrogens is 331 g/mol. The maximum absolute atomic E-state index is 13.7. The molecule has 1 N–H and O–H groups in total. The Morgan fingerprint density at radius 2 is 1.88 bits per heavy atom. The fourth-order valence-corrected chi connectivity index (χ4v) is 2.77. The number of hydrogen-bond donors (Lipinski definition) is 1. The van der Waals surface area contributed by atoms with Crippen molar-refractivity contribution in [3.63, 3.8) is 0 Å². The predicted molar refractivity (Wildman–Crippen MR) is 102 cm³/mol. The van der Waals surface area contributed by atoms with Crippen LogP contribution in [0.3, 0.4) is 0 Å². The first kappa shape index (κ1) is 19.9. The molecule has 0 aliphatic carbocycles. The number of nitrogens with one attached hydrogen (secondary N) is 1. The molecule has 0 bridgehead atoms. The Morgan fingerprint density at radius 1 is 1.15 bits per heavy atom. The molecular formula is C21H27FN2O2. The number of methoxy groups -OCH3 is 1. The number of carbonyl (C=O) groups excluding carboxylic acids is 1. The summed E-state index contributed by atoms with van der Waals surface area (Å²) in [6.07, 6.45) is 1.70. The van der Waals surface area contributed by atoms with Crippen molar-refractivity contribution in [2.24, 2.45) is 0 Å². The van der Waals surface area contributed by atoms with E-state index >= 15 is 0 Å². The normalized spacial score (nSPS) is 12.0. The Labute approximate surface area is 155 Å². The monoisotopic (exact) mass is 358 g/mol. The van der Waals surface area contributed by atoms with E-state index in [4.69, 9.17) is 4.74 Å². The van der Waals surface area contributed by atoms with Crippen LogP contribution in [0, 0.1) is 5.82 Å². The molecule has 4 nitrogen and oxygen atoms in total. The van der Waals surface area contributed by atoms with Crippen molar-refractivity contribution < 1.29 is 13.9 Å². The standard InChI is InChI=1S/C21H27FN2O2/c1-24(2)18(13-16-7-5-4-6-8-16)15-23-21(25)12-10-17-9-11-20(26-3)19(22)14-17/h4-9,11,14,18H,10,12-13,15H2,1-3H3,(H,23,25). The van der Waals surface area contributed by atoms with Crippen LogP contribution >= 0.6 is 0 Å². The van der Waals surface area contributed by atoms with Gasteiger partial charge in [-0.1, -0.05) is 36.4 Å². The van der Waals surface area contributed by atoms with Gasteiger partial charge in [0.25, 0.3) is 0 Å². The average Bonchev–Trinajstić information content (AvgIpc) is 2.64. The van der Waals surface area contributed by atoms with Crippen LogP contribution in [0.25, 0.3) is 0 Å². The van der Waals surface area contributed by atoms with Crippen molar-refractivity contribution in [3.05, 3.63) is 65.5 Å². The van der Waals surface area contributed by atoms with Gasteiger partial charge >= 0.3 is 0 Å². The highest BCUT2D eigenvalue weighted by Gasteiger charge is 2.14. The topological polar surface area (TPSA) is 41.6 Å². The molecule has 0 saturated heterocycles. The number of hydrogen-bond acceptors (Lipinski definition) is 3. The fourth-order valence-electron chi connectivity index (χ4n) is 2.77. The zero-order chi connectivity index (χ0) is 18.9. The van der Waals surface area contributed by atoms with Crippen molar-refractivity contribution in [2.45, 2.75) is 25.3 Å². The smallest absolute Gasteiger partial charge is 0.220 e. The zero-order valence-corrected chi connectivity index (χ0v) is 15.7. The highest BCUT2D eigenvalue weighted by Crippen LogP contribution is 2.18. The second-order valence-electron chi connectivity index (χ2n) is 6.58. The van der Waals surface area contributed by atoms with Crippen molar-refractivity contribution in [2.75, 3.05) is 27.7 Å². The van der Waals surface area contributed by atoms with Crippen LogP contribution in [-0.4, -0.2) is 44.6 Å². The number of amides is 1. The molecule has 2 aromatic carbocycles. The molecule has 0 radical (unpaired) electrons. The van der Waals surface area contributed by atoms with E-state index in [9.17, 15) is 9.18 Å². The van der Waals surface area contributed by atoms with E-state index in [0.29, 0.717) is 19.4 Å². The molecule has 26 heavy (non-hydrogen) atoms. The zero-order valence-electron chi connectivity index (χ0n) is 15.7. The molecule has 5 heteroatoms. The average molecular weight is 358 g/mol. The number of nitrogens with zero attached hydrogens (tertiary/aromatic N) is 1. The Balaban J connectivity index is 1.81. The molecule has 2 aromatic rings. The van der Waals surface area contributed by atoms with E-state index in [1.807, 2.05) is 32.3 Å². The molecule has 0 aromatic heterocycles. The SMILES string of the molecule is COc1ccc(CCC(=O)NCC(Cc2ccccc2)N(C)C)cc1F. The first-order valence-corrected chi connectivity index (χ1v) is 8.79. The maximum Gasteiger partial charge on any atom is 0.220 e. The van der Waals surface area contributed by atoms with E-state index in [0.717, 1.165) is 12.0 Å². The number of rotatable bonds is 9. The van der Waals surface area contributed by atoms with Crippen molar-refractivity contribution in [1.29, 1.82) is 0 Å². The molecule has 0 aliphatic heterocycles. The summed E-state index contributed by atoms with van der Waals surface area (Å²) in [6.45, 7) is 0.581. The van der Waals surface area contributed by atoms with Gasteiger partial charge in [0.2, 0.25) is 5.91 Å². The number of carbonyl (C=O) groups is 1. The van der Waals surface area contributed by atoms with E-state index < -0.39 is 5.82 Å². The van der Waals surface area contributed by atoms with Gasteiger partial charge in [0.1, 0.15) is 0 Å². The number of benzene rings is 2. The van der Waals surface area contributed by atoms with Crippen LogP contribution < -0.4 is 10.1 Å². The summed E-state index contributed by atoms with van der Waals surface area (Å²) in [7, 11) is 5.46. The highest BCUT2D eigenvalue weighted by molar-refractivity contribution is 5.76. The number of likely N-dealkylation sites (N-methyl/N-ethyl adjacent to an activating group) is 1. The second kappa shape index (κ2) is 9.92. The molecule has 1 unspecified atom stereocenters. The summed E-state index contributed by atoms with van der Waals surface area (Å²) in [5, 5.41) is 2.99. The third-order valence-electron chi connectivity index (χ3n) is 4.44. The molecule has 140 valence electrons. The molecule has 0 aliphatic rings. The lowest BCUT2D eigenvalue weighted by Gasteiger charge is -2.24. The quantitative estimate of drug-likeness (QED) is 0.749. The maximum atomic E-state index is 13.7. The van der Waals surface area contributed by atoms with Gasteiger partial charge in [0.15, 0.2) is 11.6 Å². The minimum atomic E-state index is -0.402. The fraction of sp³-hybridized carbons (Fsp3) is 0.381. The number of ether oxygens (including phenoxy) is 1. The lowest BCUT2D eigenvalue weighted by molar-refractivity contribution is -0.121. The molecule has 2 rings (SSSR count). The summed E-state index contributed by atoms with van der Waals surface area (Å²) < 4.78 is 18.6. The van der Waals surface area contributed by atoms with Crippen molar-refractivity contribution in [3.8, 4) is 5.75 Å². The van der Waals surface area contributed by atoms with Crippen LogP contribution in [0.4, 0.5) is 4.39 Å². The van der Waals surface area contributed by atoms with Gasteiger partial charge in [0, 0.05) is 19.0 Å². The summed E-state index contributed by atoms with van der Waals surface area (Å²) in [4.78, 5) is 14.3. The van der Waals surface area contributed by atoms with Gasteiger partial charge in [-0.05, 0) is 50.2 Å². The van der Waals surface area contributed by atoms with Crippen molar-refractivity contribution >= 4 is 5.91 Å². The van der Waals surface area contributed by atoms with Crippen LogP contribution in [0.2, 0.25) is 0 Å². The molecule has 1 amide bonds. The molecule has 0 spiro atoms. The van der Waals surface area contributed by atoms with E-state index in [1.165, 1.54) is 18.7 Å². The Hall–Kier alpha value is -2.40. The first-order valence-electron chi connectivity index (χ1n) is 8.79. The van der Waals surface area contributed by atoms with Crippen molar-refractivity contribution in [1.82, 2.24) is 10.2 Å². The third-order valence-corrected chi connectivity index (χ3v) is 4.44. The van der Waals surface area contributed by atoms with E-state index in [2.05, 4.69) is 22.3 Å². The van der Waals surface area contributed by atoms with Gasteiger partial charge in [0.05, 0.1) is 7.11 Å². The van der Waals surface area contributed by atoms with Gasteiger partial charge < -0.3 is 15.0 Å². The van der Waals surface area contributed by atoms with E-state index in [-0.39, 0.29) is 17.7 Å². The minimum absolute atomic E-state index is 0.0267. The third kappa shape index (κ3) is 6.15. The Morgan fingerprint density at radius 3 is 2.50 bits per heavy atom. The van der Waals surface area contributed by atoms with Crippen LogP contribution in [0.1, 0.15) is 17.5 Å². The number of aryl methyl sites for hydroxylation is 1. The first-order chi connectivity index (χ1) is 12.5. The van der Waals surface area contributed by atoms with Crippen LogP contribution in [0.15, 0.2) is 48.5 Å². The van der Waals surface area contributed by atoms with E-state index in [1.54, 1.807) is 12.1 Å². The number of halogens is 1. The van der Waals surface area contributed by atoms with Gasteiger partial charge in [-0.15, -0.1) is 0 Å². The molecule has 0 saturated carbocycles. The van der Waals surface area contributed by atoms with Gasteiger partial charge in [-0.2, -0.15) is 0 Å². The lowest BCUT2D eigenvalue weighted by atomic mass is 10.0. The molecule has 0 fully saturated rings. The Bertz CT molecular complexity index is 704. The highest BCUT2D eigenvalue weighted by atomic mass is 19.1. The molecule has 1 atom stereocenters. The summed E-state index contributed by atoms with van der Waals surface area (Å²) in [5.41, 5.74) is 2.03. The Kier molecular flexibility index (Phi) is 7.60. The van der Waals surface area contributed by atoms with Crippen LogP contribution in [-0.2, 0) is 17.6 Å². The predicted octanol–water partition coefficient (Wildman–Crippen LogP) is 3.06. The van der Waals surface area contributed by atoms with Crippen LogP contribution in [0.5, 0.6) is 5.75 Å². The van der Waals surface area contributed by atoms with Gasteiger partial charge in [-0.3, -0.25) is 4.79 Å². The minimum Gasteiger partial charge on any atom is -0.494 e. The lowest BCUT2D eigenvalue weighted by Crippen LogP contribution is -2.41. The summed E-state index contributed by atoms with van der Waals surface area (Å²) >= 11 is 0. The molecule has 0 heterocycles.